The minimum Gasteiger partial charge on any atom is -0.389 e. The molecule has 0 aromatic heterocycles. The van der Waals surface area contributed by atoms with Gasteiger partial charge in [0.05, 0.1) is 12.5 Å². The molecular formula is C12H16F3NO. The fourth-order valence-electron chi connectivity index (χ4n) is 1.60. The molecule has 2 nitrogen and oxygen atoms in total. The average Bonchev–Trinajstić information content (AvgIpc) is 2.25. The lowest BCUT2D eigenvalue weighted by Gasteiger charge is -2.24. The normalized spacial score (nSPS) is 13.5. The zero-order valence-electron chi connectivity index (χ0n) is 9.83. The van der Waals surface area contributed by atoms with E-state index in [1.54, 1.807) is 38.2 Å². The van der Waals surface area contributed by atoms with Crippen molar-refractivity contribution < 1.29 is 18.3 Å². The van der Waals surface area contributed by atoms with Crippen LogP contribution < -0.4 is 4.90 Å². The molecule has 0 saturated heterocycles. The summed E-state index contributed by atoms with van der Waals surface area (Å²) in [5.41, 5.74) is 1.27. The molecule has 0 aliphatic heterocycles. The van der Waals surface area contributed by atoms with Crippen LogP contribution in [0.5, 0.6) is 0 Å². The first-order chi connectivity index (χ1) is 7.81. The maximum absolute atomic E-state index is 12.1. The number of rotatable bonds is 4. The van der Waals surface area contributed by atoms with Crippen molar-refractivity contribution in [2.24, 2.45) is 0 Å². The summed E-state index contributed by atoms with van der Waals surface area (Å²) in [4.78, 5) is 1.51. The maximum Gasteiger partial charge on any atom is 0.390 e. The van der Waals surface area contributed by atoms with E-state index < -0.39 is 18.7 Å². The molecule has 1 aromatic rings. The van der Waals surface area contributed by atoms with Crippen molar-refractivity contribution in [3.8, 4) is 0 Å². The lowest BCUT2D eigenvalue weighted by molar-refractivity contribution is -0.132. The zero-order valence-corrected chi connectivity index (χ0v) is 9.83. The van der Waals surface area contributed by atoms with Gasteiger partial charge in [0, 0.05) is 24.8 Å². The van der Waals surface area contributed by atoms with Crippen molar-refractivity contribution in [2.45, 2.75) is 25.6 Å². The Bertz CT molecular complexity index is 363. The fraction of sp³-hybridized carbons (Fsp3) is 0.500. The number of aliphatic hydroxyl groups is 1. The molecule has 0 radical (unpaired) electrons. The van der Waals surface area contributed by atoms with Gasteiger partial charge in [-0.1, -0.05) is 18.2 Å². The molecule has 0 spiro atoms. The molecule has 1 atom stereocenters. The molecule has 0 amide bonds. The van der Waals surface area contributed by atoms with E-state index >= 15 is 0 Å². The molecule has 17 heavy (non-hydrogen) atoms. The molecular weight excluding hydrogens is 231 g/mol. The Morgan fingerprint density at radius 1 is 1.29 bits per heavy atom. The zero-order chi connectivity index (χ0) is 13.1. The van der Waals surface area contributed by atoms with Crippen LogP contribution in [0, 0.1) is 0 Å². The molecule has 1 aromatic carbocycles. The second kappa shape index (κ2) is 5.40. The van der Waals surface area contributed by atoms with Gasteiger partial charge >= 0.3 is 6.18 Å². The molecule has 1 rings (SSSR count). The van der Waals surface area contributed by atoms with E-state index in [9.17, 15) is 18.3 Å². The second-order valence-electron chi connectivity index (χ2n) is 4.02. The summed E-state index contributed by atoms with van der Waals surface area (Å²) >= 11 is 0. The number of alkyl halides is 3. The number of para-hydroxylation sites is 1. The van der Waals surface area contributed by atoms with Crippen LogP contribution in [-0.4, -0.2) is 24.9 Å². The smallest absolute Gasteiger partial charge is 0.389 e. The monoisotopic (exact) mass is 247 g/mol. The van der Waals surface area contributed by atoms with Gasteiger partial charge in [-0.2, -0.15) is 13.2 Å². The number of hydrogen-bond donors (Lipinski definition) is 1. The largest absolute Gasteiger partial charge is 0.390 e. The fourth-order valence-corrected chi connectivity index (χ4v) is 1.60. The first-order valence-corrected chi connectivity index (χ1v) is 5.36. The highest BCUT2D eigenvalue weighted by Crippen LogP contribution is 2.27. The standard InChI is InChI=1S/C12H16F3NO/c1-9(17)10-5-3-4-6-11(10)16(2)8-7-12(13,14)15/h3-6,9,17H,7-8H2,1-2H3/t9-/m0/s1. The van der Waals surface area contributed by atoms with Crippen LogP contribution in [0.4, 0.5) is 18.9 Å². The molecule has 0 heterocycles. The van der Waals surface area contributed by atoms with E-state index in [1.165, 1.54) is 4.90 Å². The highest BCUT2D eigenvalue weighted by atomic mass is 19.4. The highest BCUT2D eigenvalue weighted by Gasteiger charge is 2.27. The SMILES string of the molecule is C[C@H](O)c1ccccc1N(C)CCC(F)(F)F. The summed E-state index contributed by atoms with van der Waals surface area (Å²) < 4.78 is 36.3. The van der Waals surface area contributed by atoms with Crippen molar-refractivity contribution in [1.82, 2.24) is 0 Å². The molecule has 0 saturated carbocycles. The third-order valence-corrected chi connectivity index (χ3v) is 2.53. The van der Waals surface area contributed by atoms with E-state index in [0.29, 0.717) is 11.3 Å². The van der Waals surface area contributed by atoms with Crippen molar-refractivity contribution >= 4 is 5.69 Å². The van der Waals surface area contributed by atoms with E-state index in [4.69, 9.17) is 0 Å². The number of nitrogens with zero attached hydrogens (tertiary/aromatic N) is 1. The minimum atomic E-state index is -4.16. The number of halogens is 3. The van der Waals surface area contributed by atoms with Gasteiger partial charge in [-0.15, -0.1) is 0 Å². The van der Waals surface area contributed by atoms with Crippen molar-refractivity contribution in [1.29, 1.82) is 0 Å². The molecule has 96 valence electrons. The highest BCUT2D eigenvalue weighted by molar-refractivity contribution is 5.53. The van der Waals surface area contributed by atoms with Gasteiger partial charge in [0.1, 0.15) is 0 Å². The summed E-state index contributed by atoms with van der Waals surface area (Å²) in [7, 11) is 1.59. The van der Waals surface area contributed by atoms with Crippen LogP contribution in [0.15, 0.2) is 24.3 Å². The van der Waals surface area contributed by atoms with E-state index in [-0.39, 0.29) is 6.54 Å². The quantitative estimate of drug-likeness (QED) is 0.883. The Kier molecular flexibility index (Phi) is 4.40. The average molecular weight is 247 g/mol. The van der Waals surface area contributed by atoms with Crippen LogP contribution in [0.2, 0.25) is 0 Å². The molecule has 0 fully saturated rings. The van der Waals surface area contributed by atoms with Crippen LogP contribution in [0.3, 0.4) is 0 Å². The van der Waals surface area contributed by atoms with Crippen LogP contribution in [0.1, 0.15) is 25.0 Å². The van der Waals surface area contributed by atoms with Gasteiger partial charge in [0.2, 0.25) is 0 Å². The van der Waals surface area contributed by atoms with Gasteiger partial charge in [0.15, 0.2) is 0 Å². The predicted molar refractivity (Wildman–Crippen MR) is 61.0 cm³/mol. The molecule has 5 heteroatoms. The van der Waals surface area contributed by atoms with Crippen LogP contribution >= 0.6 is 0 Å². The number of benzene rings is 1. The Balaban J connectivity index is 2.78. The van der Waals surface area contributed by atoms with Crippen molar-refractivity contribution in [3.05, 3.63) is 29.8 Å². The van der Waals surface area contributed by atoms with E-state index in [0.717, 1.165) is 0 Å². The summed E-state index contributed by atoms with van der Waals surface area (Å²) in [6.07, 6.45) is -5.72. The lowest BCUT2D eigenvalue weighted by Crippen LogP contribution is -2.25. The molecule has 0 bridgehead atoms. The van der Waals surface area contributed by atoms with Gasteiger partial charge < -0.3 is 10.0 Å². The van der Waals surface area contributed by atoms with Crippen LogP contribution in [0.25, 0.3) is 0 Å². The Hall–Kier alpha value is -1.23. The molecule has 0 aliphatic rings. The molecule has 1 N–H and O–H groups in total. The minimum absolute atomic E-state index is 0.118. The number of aliphatic hydroxyl groups excluding tert-OH is 1. The van der Waals surface area contributed by atoms with Gasteiger partial charge in [-0.05, 0) is 13.0 Å². The Labute approximate surface area is 98.7 Å². The van der Waals surface area contributed by atoms with Crippen molar-refractivity contribution in [2.75, 3.05) is 18.5 Å². The molecule has 0 unspecified atom stereocenters. The van der Waals surface area contributed by atoms with Crippen LogP contribution in [-0.2, 0) is 0 Å². The topological polar surface area (TPSA) is 23.5 Å². The third-order valence-electron chi connectivity index (χ3n) is 2.53. The number of anilines is 1. The Morgan fingerprint density at radius 2 is 1.88 bits per heavy atom. The Morgan fingerprint density at radius 3 is 2.41 bits per heavy atom. The first-order valence-electron chi connectivity index (χ1n) is 5.36. The first kappa shape index (κ1) is 13.8. The van der Waals surface area contributed by atoms with Gasteiger partial charge in [-0.25, -0.2) is 0 Å². The summed E-state index contributed by atoms with van der Waals surface area (Å²) in [6, 6.07) is 6.91. The van der Waals surface area contributed by atoms with Gasteiger partial charge in [-0.3, -0.25) is 0 Å². The summed E-state index contributed by atoms with van der Waals surface area (Å²) in [5.74, 6) is 0. The third kappa shape index (κ3) is 4.26. The lowest BCUT2D eigenvalue weighted by atomic mass is 10.1. The summed E-state index contributed by atoms with van der Waals surface area (Å²) in [6.45, 7) is 1.48. The number of hydrogen-bond acceptors (Lipinski definition) is 2. The second-order valence-corrected chi connectivity index (χ2v) is 4.02. The van der Waals surface area contributed by atoms with E-state index in [2.05, 4.69) is 0 Å². The predicted octanol–water partition coefficient (Wildman–Crippen LogP) is 3.13. The maximum atomic E-state index is 12.1. The summed E-state index contributed by atoms with van der Waals surface area (Å²) in [5, 5.41) is 9.53. The molecule has 0 aliphatic carbocycles. The van der Waals surface area contributed by atoms with E-state index in [1.807, 2.05) is 0 Å². The van der Waals surface area contributed by atoms with Gasteiger partial charge in [0.25, 0.3) is 0 Å². The van der Waals surface area contributed by atoms with Crippen molar-refractivity contribution in [3.63, 3.8) is 0 Å².